The van der Waals surface area contributed by atoms with Gasteiger partial charge in [-0.15, -0.1) is 0 Å². The molecule has 0 radical (unpaired) electrons. The zero-order chi connectivity index (χ0) is 13.9. The molecule has 7 heteroatoms. The maximum absolute atomic E-state index is 11.7. The van der Waals surface area contributed by atoms with Crippen molar-refractivity contribution in [3.05, 3.63) is 23.8 Å². The Hall–Kier alpha value is -0.920. The molecule has 0 aliphatic rings. The van der Waals surface area contributed by atoms with E-state index < -0.39 is 10.0 Å². The third-order valence-corrected chi connectivity index (χ3v) is 4.41. The first-order valence-corrected chi connectivity index (χ1v) is 7.80. The molecule has 1 unspecified atom stereocenters. The number of halogens is 1. The number of aryl methyl sites for hydroxylation is 1. The molecule has 0 aliphatic heterocycles. The van der Waals surface area contributed by atoms with Crippen LogP contribution in [0.3, 0.4) is 0 Å². The van der Waals surface area contributed by atoms with Crippen LogP contribution in [0.2, 0.25) is 0 Å². The number of sulfonamides is 1. The Labute approximate surface area is 115 Å². The van der Waals surface area contributed by atoms with Crippen molar-refractivity contribution < 1.29 is 13.2 Å². The van der Waals surface area contributed by atoms with Gasteiger partial charge in [-0.25, -0.2) is 13.6 Å². The van der Waals surface area contributed by atoms with E-state index in [0.29, 0.717) is 12.1 Å². The average Bonchev–Trinajstić information content (AvgIpc) is 2.29. The summed E-state index contributed by atoms with van der Waals surface area (Å²) in [5.41, 5.74) is 1.22. The fraction of sp³-hybridized carbons (Fsp3) is 0.364. The summed E-state index contributed by atoms with van der Waals surface area (Å²) in [7, 11) is -3.77. The van der Waals surface area contributed by atoms with Gasteiger partial charge >= 0.3 is 0 Å². The van der Waals surface area contributed by atoms with E-state index >= 15 is 0 Å². The van der Waals surface area contributed by atoms with Crippen LogP contribution in [0.25, 0.3) is 0 Å². The summed E-state index contributed by atoms with van der Waals surface area (Å²) < 4.78 is 22.5. The third kappa shape index (κ3) is 3.79. The molecule has 100 valence electrons. The van der Waals surface area contributed by atoms with E-state index in [0.717, 1.165) is 5.56 Å². The Bertz CT molecular complexity index is 557. The third-order valence-electron chi connectivity index (χ3n) is 2.44. The standard InChI is InChI=1S/C11H15BrN2O3S/c1-3-9(12)11(15)14-10-6-8(18(13,16)17)5-4-7(10)2/h4-6,9H,3H2,1-2H3,(H,14,15)(H2,13,16,17). The number of hydrogen-bond acceptors (Lipinski definition) is 3. The largest absolute Gasteiger partial charge is 0.325 e. The molecule has 1 amide bonds. The zero-order valence-corrected chi connectivity index (χ0v) is 12.5. The molecule has 0 fully saturated rings. The molecule has 1 aromatic carbocycles. The van der Waals surface area contributed by atoms with E-state index in [1.54, 1.807) is 13.0 Å². The minimum atomic E-state index is -3.77. The fourth-order valence-corrected chi connectivity index (χ4v) is 1.96. The Balaban J connectivity index is 3.06. The van der Waals surface area contributed by atoms with E-state index in [-0.39, 0.29) is 15.6 Å². The van der Waals surface area contributed by atoms with Gasteiger partial charge in [0.25, 0.3) is 0 Å². The summed E-state index contributed by atoms with van der Waals surface area (Å²) >= 11 is 3.23. The Kier molecular flexibility index (Phi) is 4.89. The van der Waals surface area contributed by atoms with Crippen LogP contribution in [0.4, 0.5) is 5.69 Å². The highest BCUT2D eigenvalue weighted by Crippen LogP contribution is 2.20. The lowest BCUT2D eigenvalue weighted by Gasteiger charge is -2.12. The van der Waals surface area contributed by atoms with Gasteiger partial charge in [-0.1, -0.05) is 28.9 Å². The number of primary sulfonamides is 1. The number of carbonyl (C=O) groups excluding carboxylic acids is 1. The van der Waals surface area contributed by atoms with Gasteiger partial charge in [-0.05, 0) is 31.0 Å². The highest BCUT2D eigenvalue weighted by Gasteiger charge is 2.15. The van der Waals surface area contributed by atoms with Crippen LogP contribution >= 0.6 is 15.9 Å². The Morgan fingerprint density at radius 2 is 2.11 bits per heavy atom. The number of alkyl halides is 1. The number of nitrogens with one attached hydrogen (secondary N) is 1. The Morgan fingerprint density at radius 1 is 1.50 bits per heavy atom. The number of rotatable bonds is 4. The maximum Gasteiger partial charge on any atom is 0.238 e. The van der Waals surface area contributed by atoms with Crippen LogP contribution < -0.4 is 10.5 Å². The van der Waals surface area contributed by atoms with Gasteiger partial charge in [0.15, 0.2) is 0 Å². The molecular formula is C11H15BrN2O3S. The van der Waals surface area contributed by atoms with Gasteiger partial charge in [-0.3, -0.25) is 4.79 Å². The minimum Gasteiger partial charge on any atom is -0.325 e. The first-order valence-electron chi connectivity index (χ1n) is 5.34. The van der Waals surface area contributed by atoms with Crippen molar-refractivity contribution in [1.82, 2.24) is 0 Å². The van der Waals surface area contributed by atoms with Crippen molar-refractivity contribution in [3.63, 3.8) is 0 Å². The number of hydrogen-bond donors (Lipinski definition) is 2. The van der Waals surface area contributed by atoms with Gasteiger partial charge in [0, 0.05) is 5.69 Å². The molecule has 0 saturated carbocycles. The summed E-state index contributed by atoms with van der Waals surface area (Å²) in [6.07, 6.45) is 0.639. The van der Waals surface area contributed by atoms with Crippen molar-refractivity contribution >= 4 is 37.5 Å². The minimum absolute atomic E-state index is 0.0222. The van der Waals surface area contributed by atoms with Crippen LogP contribution in [0.15, 0.2) is 23.1 Å². The second-order valence-electron chi connectivity index (χ2n) is 3.89. The van der Waals surface area contributed by atoms with Gasteiger partial charge < -0.3 is 5.32 Å². The first kappa shape index (κ1) is 15.1. The van der Waals surface area contributed by atoms with Crippen LogP contribution in [0.1, 0.15) is 18.9 Å². The van der Waals surface area contributed by atoms with Gasteiger partial charge in [0.2, 0.25) is 15.9 Å². The van der Waals surface area contributed by atoms with Gasteiger partial charge in [-0.2, -0.15) is 0 Å². The normalized spacial score (nSPS) is 13.1. The van der Waals surface area contributed by atoms with Crippen molar-refractivity contribution in [2.75, 3.05) is 5.32 Å². The maximum atomic E-state index is 11.7. The van der Waals surface area contributed by atoms with E-state index in [1.165, 1.54) is 12.1 Å². The molecule has 0 aliphatic carbocycles. The highest BCUT2D eigenvalue weighted by molar-refractivity contribution is 9.10. The lowest BCUT2D eigenvalue weighted by molar-refractivity contribution is -0.115. The highest BCUT2D eigenvalue weighted by atomic mass is 79.9. The molecule has 3 N–H and O–H groups in total. The summed E-state index contributed by atoms with van der Waals surface area (Å²) in [5.74, 6) is -0.216. The van der Waals surface area contributed by atoms with Gasteiger partial charge in [0.05, 0.1) is 9.72 Å². The summed E-state index contributed by atoms with van der Waals surface area (Å²) in [6, 6.07) is 4.37. The molecule has 1 atom stereocenters. The van der Waals surface area contributed by atoms with Crippen molar-refractivity contribution in [2.45, 2.75) is 30.0 Å². The molecule has 0 heterocycles. The second-order valence-corrected chi connectivity index (χ2v) is 6.55. The number of nitrogens with two attached hydrogens (primary N) is 1. The number of carbonyl (C=O) groups is 1. The SMILES string of the molecule is CCC(Br)C(=O)Nc1cc(S(N)(=O)=O)ccc1C. The quantitative estimate of drug-likeness (QED) is 0.822. The molecule has 18 heavy (non-hydrogen) atoms. The van der Waals surface area contributed by atoms with Crippen molar-refractivity contribution in [3.8, 4) is 0 Å². The lowest BCUT2D eigenvalue weighted by Crippen LogP contribution is -2.23. The topological polar surface area (TPSA) is 89.3 Å². The zero-order valence-electron chi connectivity index (χ0n) is 10.1. The predicted octanol–water partition coefficient (Wildman–Crippen LogP) is 1.75. The number of benzene rings is 1. The van der Waals surface area contributed by atoms with E-state index in [2.05, 4.69) is 21.2 Å². The van der Waals surface area contributed by atoms with Crippen molar-refractivity contribution in [1.29, 1.82) is 0 Å². The predicted molar refractivity (Wildman–Crippen MR) is 74.2 cm³/mol. The molecule has 0 spiro atoms. The summed E-state index contributed by atoms with van der Waals surface area (Å²) in [4.78, 5) is 11.4. The lowest BCUT2D eigenvalue weighted by atomic mass is 10.2. The van der Waals surface area contributed by atoms with Crippen LogP contribution in [0, 0.1) is 6.92 Å². The van der Waals surface area contributed by atoms with Crippen LogP contribution in [-0.2, 0) is 14.8 Å². The molecule has 0 aromatic heterocycles. The summed E-state index contributed by atoms with van der Waals surface area (Å²) in [6.45, 7) is 3.64. The van der Waals surface area contributed by atoms with Crippen LogP contribution in [0.5, 0.6) is 0 Å². The number of anilines is 1. The monoisotopic (exact) mass is 334 g/mol. The molecule has 0 bridgehead atoms. The van der Waals surface area contributed by atoms with E-state index in [9.17, 15) is 13.2 Å². The van der Waals surface area contributed by atoms with Gasteiger partial charge in [0.1, 0.15) is 0 Å². The fourth-order valence-electron chi connectivity index (χ4n) is 1.31. The second kappa shape index (κ2) is 5.81. The van der Waals surface area contributed by atoms with E-state index in [4.69, 9.17) is 5.14 Å². The number of amides is 1. The summed E-state index contributed by atoms with van der Waals surface area (Å²) in [5, 5.41) is 7.71. The van der Waals surface area contributed by atoms with Crippen LogP contribution in [-0.4, -0.2) is 19.2 Å². The van der Waals surface area contributed by atoms with E-state index in [1.807, 2.05) is 6.92 Å². The molecular weight excluding hydrogens is 320 g/mol. The Morgan fingerprint density at radius 3 is 2.61 bits per heavy atom. The smallest absolute Gasteiger partial charge is 0.238 e. The molecule has 1 rings (SSSR count). The van der Waals surface area contributed by atoms with Crippen molar-refractivity contribution in [2.24, 2.45) is 5.14 Å². The molecule has 5 nitrogen and oxygen atoms in total. The average molecular weight is 335 g/mol. The molecule has 0 saturated heterocycles. The first-order chi connectivity index (χ1) is 8.25. The molecule has 1 aromatic rings.